The van der Waals surface area contributed by atoms with Crippen molar-refractivity contribution in [1.29, 1.82) is 0 Å². The first-order valence-electron chi connectivity index (χ1n) is 9.15. The molecular weight excluding hydrogens is 362 g/mol. The van der Waals surface area contributed by atoms with Crippen molar-refractivity contribution < 1.29 is 35.8 Å². The molecule has 0 aromatic heterocycles. The lowest BCUT2D eigenvalue weighted by molar-refractivity contribution is -0.305. The van der Waals surface area contributed by atoms with E-state index in [0.717, 1.165) is 6.42 Å². The van der Waals surface area contributed by atoms with E-state index in [-0.39, 0.29) is 45.0 Å². The summed E-state index contributed by atoms with van der Waals surface area (Å²) < 4.78 is 86.5. The fraction of sp³-hybridized carbons (Fsp3) is 1.00. The highest BCUT2D eigenvalue weighted by molar-refractivity contribution is 4.93. The second kappa shape index (κ2) is 8.67. The summed E-state index contributed by atoms with van der Waals surface area (Å²) in [5.74, 6) is -0.871. The van der Waals surface area contributed by atoms with Crippen molar-refractivity contribution in [2.24, 2.45) is 17.3 Å². The van der Waals surface area contributed by atoms with E-state index >= 15 is 0 Å². The normalized spacial score (nSPS) is 27.2. The second-order valence-corrected chi connectivity index (χ2v) is 7.77. The van der Waals surface area contributed by atoms with Crippen LogP contribution in [0.1, 0.15) is 59.8 Å². The average molecular weight is 392 g/mol. The van der Waals surface area contributed by atoms with Crippen LogP contribution in [-0.2, 0) is 9.47 Å². The van der Waals surface area contributed by atoms with Gasteiger partial charge >= 0.3 is 12.4 Å². The van der Waals surface area contributed by atoms with Crippen molar-refractivity contribution in [2.75, 3.05) is 19.8 Å². The second-order valence-electron chi connectivity index (χ2n) is 7.77. The first-order chi connectivity index (χ1) is 11.8. The number of rotatable bonds is 2. The Bertz CT molecular complexity index is 376. The molecule has 2 saturated heterocycles. The Kier molecular flexibility index (Phi) is 7.85. The molecule has 0 aromatic carbocycles. The van der Waals surface area contributed by atoms with Crippen LogP contribution in [0.2, 0.25) is 0 Å². The molecule has 0 radical (unpaired) electrons. The highest BCUT2D eigenvalue weighted by atomic mass is 19.4. The summed E-state index contributed by atoms with van der Waals surface area (Å²) >= 11 is 0. The molecule has 0 bridgehead atoms. The van der Waals surface area contributed by atoms with E-state index in [9.17, 15) is 26.3 Å². The number of ether oxygens (including phenoxy) is 2. The van der Waals surface area contributed by atoms with Crippen LogP contribution in [0.15, 0.2) is 0 Å². The lowest BCUT2D eigenvalue weighted by atomic mass is 9.71. The van der Waals surface area contributed by atoms with Gasteiger partial charge in [-0.05, 0) is 43.9 Å². The smallest absolute Gasteiger partial charge is 0.381 e. The Morgan fingerprint density at radius 3 is 1.46 bits per heavy atom. The fourth-order valence-electron chi connectivity index (χ4n) is 3.75. The van der Waals surface area contributed by atoms with Gasteiger partial charge in [-0.3, -0.25) is 0 Å². The van der Waals surface area contributed by atoms with E-state index in [0.29, 0.717) is 6.42 Å². The van der Waals surface area contributed by atoms with Gasteiger partial charge in [0.25, 0.3) is 0 Å². The molecule has 1 atom stereocenters. The van der Waals surface area contributed by atoms with Crippen molar-refractivity contribution in [3.05, 3.63) is 0 Å². The van der Waals surface area contributed by atoms with Gasteiger partial charge in [-0.15, -0.1) is 0 Å². The molecule has 0 spiro atoms. The quantitative estimate of drug-likeness (QED) is 0.525. The molecule has 2 nitrogen and oxygen atoms in total. The van der Waals surface area contributed by atoms with Crippen molar-refractivity contribution in [1.82, 2.24) is 0 Å². The van der Waals surface area contributed by atoms with Crippen LogP contribution < -0.4 is 0 Å². The zero-order valence-corrected chi connectivity index (χ0v) is 15.9. The monoisotopic (exact) mass is 392 g/mol. The SMILES string of the molecule is CC(C)C1(C(F)(F)F)CCCCO1.CC(C)C1(C(F)(F)F)CCOCC1. The Morgan fingerprint density at radius 2 is 1.23 bits per heavy atom. The molecule has 2 fully saturated rings. The molecule has 0 N–H and O–H groups in total. The Labute approximate surface area is 151 Å². The molecule has 26 heavy (non-hydrogen) atoms. The minimum absolute atomic E-state index is 0.105. The molecule has 156 valence electrons. The summed E-state index contributed by atoms with van der Waals surface area (Å²) in [6.45, 7) is 7.11. The molecule has 1 unspecified atom stereocenters. The lowest BCUT2D eigenvalue weighted by Gasteiger charge is -2.41. The van der Waals surface area contributed by atoms with Crippen LogP contribution in [-0.4, -0.2) is 37.8 Å². The van der Waals surface area contributed by atoms with Gasteiger partial charge in [0.1, 0.15) is 0 Å². The first kappa shape index (κ1) is 23.5. The minimum atomic E-state index is -4.23. The predicted molar refractivity (Wildman–Crippen MR) is 86.8 cm³/mol. The summed E-state index contributed by atoms with van der Waals surface area (Å²) in [6, 6.07) is 0. The Hall–Kier alpha value is -0.500. The van der Waals surface area contributed by atoms with Crippen LogP contribution in [0.3, 0.4) is 0 Å². The maximum absolute atomic E-state index is 12.8. The molecule has 2 heterocycles. The van der Waals surface area contributed by atoms with Gasteiger partial charge in [-0.1, -0.05) is 27.7 Å². The summed E-state index contributed by atoms with van der Waals surface area (Å²) in [4.78, 5) is 0. The topological polar surface area (TPSA) is 18.5 Å². The van der Waals surface area contributed by atoms with E-state index in [2.05, 4.69) is 0 Å². The van der Waals surface area contributed by atoms with Gasteiger partial charge in [0.2, 0.25) is 0 Å². The molecule has 2 aliphatic heterocycles. The van der Waals surface area contributed by atoms with Crippen molar-refractivity contribution in [3.63, 3.8) is 0 Å². The molecule has 0 amide bonds. The average Bonchev–Trinajstić information content (AvgIpc) is 2.54. The first-order valence-corrected chi connectivity index (χ1v) is 9.15. The summed E-state index contributed by atoms with van der Waals surface area (Å²) in [5, 5.41) is 0. The lowest BCUT2D eigenvalue weighted by Crippen LogP contribution is -2.53. The number of hydrogen-bond acceptors (Lipinski definition) is 2. The maximum Gasteiger partial charge on any atom is 0.417 e. The van der Waals surface area contributed by atoms with E-state index in [1.807, 2.05) is 0 Å². The maximum atomic E-state index is 12.8. The fourth-order valence-corrected chi connectivity index (χ4v) is 3.75. The van der Waals surface area contributed by atoms with Gasteiger partial charge in [0, 0.05) is 19.8 Å². The van der Waals surface area contributed by atoms with Crippen LogP contribution in [0.25, 0.3) is 0 Å². The van der Waals surface area contributed by atoms with E-state index in [1.54, 1.807) is 27.7 Å². The molecular formula is C18H30F6O2. The van der Waals surface area contributed by atoms with Crippen molar-refractivity contribution in [3.8, 4) is 0 Å². The van der Waals surface area contributed by atoms with E-state index in [1.165, 1.54) is 0 Å². The molecule has 2 rings (SSSR count). The number of alkyl halides is 6. The third-order valence-electron chi connectivity index (χ3n) is 5.77. The third-order valence-corrected chi connectivity index (χ3v) is 5.77. The molecule has 8 heteroatoms. The molecule has 0 aromatic rings. The van der Waals surface area contributed by atoms with Crippen LogP contribution in [0, 0.1) is 17.3 Å². The third kappa shape index (κ3) is 4.86. The Morgan fingerprint density at radius 1 is 0.692 bits per heavy atom. The van der Waals surface area contributed by atoms with Crippen molar-refractivity contribution in [2.45, 2.75) is 77.8 Å². The Balaban J connectivity index is 0.000000260. The van der Waals surface area contributed by atoms with Crippen molar-refractivity contribution >= 4 is 0 Å². The van der Waals surface area contributed by atoms with Gasteiger partial charge in [0.15, 0.2) is 5.60 Å². The van der Waals surface area contributed by atoms with Crippen LogP contribution in [0.4, 0.5) is 26.3 Å². The van der Waals surface area contributed by atoms with Crippen LogP contribution in [0.5, 0.6) is 0 Å². The van der Waals surface area contributed by atoms with Gasteiger partial charge in [-0.25, -0.2) is 0 Å². The molecule has 2 aliphatic rings. The number of hydrogen-bond donors (Lipinski definition) is 0. The van der Waals surface area contributed by atoms with Gasteiger partial charge in [-0.2, -0.15) is 26.3 Å². The molecule has 0 aliphatic carbocycles. The summed E-state index contributed by atoms with van der Waals surface area (Å²) in [5.41, 5.74) is -3.39. The zero-order chi connectivity index (χ0) is 20.2. The summed E-state index contributed by atoms with van der Waals surface area (Å²) in [7, 11) is 0. The zero-order valence-electron chi connectivity index (χ0n) is 15.9. The van der Waals surface area contributed by atoms with Crippen LogP contribution >= 0.6 is 0 Å². The predicted octanol–water partition coefficient (Wildman–Crippen LogP) is 6.15. The number of halogens is 6. The molecule has 0 saturated carbocycles. The van der Waals surface area contributed by atoms with Gasteiger partial charge in [0.05, 0.1) is 5.41 Å². The van der Waals surface area contributed by atoms with E-state index in [4.69, 9.17) is 9.47 Å². The van der Waals surface area contributed by atoms with E-state index < -0.39 is 29.3 Å². The van der Waals surface area contributed by atoms with Gasteiger partial charge < -0.3 is 9.47 Å². The largest absolute Gasteiger partial charge is 0.417 e. The highest BCUT2D eigenvalue weighted by Gasteiger charge is 2.58. The highest BCUT2D eigenvalue weighted by Crippen LogP contribution is 2.51. The minimum Gasteiger partial charge on any atom is -0.381 e. The summed E-state index contributed by atoms with van der Waals surface area (Å²) in [6.07, 6.45) is -6.66. The standard InChI is InChI=1S/2C9H15F3O/c1-7(2)8(9(10,11)12)3-5-13-6-4-8;1-7(2)8(9(10,11)12)5-3-4-6-13-8/h2*7H,3-6H2,1-2H3.